The highest BCUT2D eigenvalue weighted by Gasteiger charge is 2.36. The van der Waals surface area contributed by atoms with Crippen molar-refractivity contribution in [3.05, 3.63) is 109 Å². The molecule has 4 aromatic carbocycles. The van der Waals surface area contributed by atoms with E-state index < -0.39 is 11.2 Å². The van der Waals surface area contributed by atoms with Gasteiger partial charge < -0.3 is 9.76 Å². The summed E-state index contributed by atoms with van der Waals surface area (Å²) < 4.78 is 5.99. The van der Waals surface area contributed by atoms with Crippen molar-refractivity contribution >= 4 is 13.2 Å². The second-order valence-electron chi connectivity index (χ2n) is 10.5. The molecule has 0 amide bonds. The molecule has 1 heterocycles. The molecule has 0 aliphatic rings. The predicted molar refractivity (Wildman–Crippen MR) is 158 cm³/mol. The van der Waals surface area contributed by atoms with Crippen molar-refractivity contribution in [1.82, 2.24) is 15.0 Å². The molecule has 5 nitrogen and oxygen atoms in total. The van der Waals surface area contributed by atoms with Gasteiger partial charge in [-0.05, 0) is 49.9 Å². The van der Waals surface area contributed by atoms with Crippen LogP contribution in [0.3, 0.4) is 0 Å². The summed E-state index contributed by atoms with van der Waals surface area (Å²) in [5, 5.41) is 10.5. The Morgan fingerprint density at radius 2 is 0.872 bits per heavy atom. The topological polar surface area (TPSA) is 68.1 Å². The van der Waals surface area contributed by atoms with Gasteiger partial charge in [-0.1, -0.05) is 109 Å². The molecular weight excluding hydrogens is 481 g/mol. The summed E-state index contributed by atoms with van der Waals surface area (Å²) >= 11 is 0. The van der Waals surface area contributed by atoms with Gasteiger partial charge in [-0.3, -0.25) is 0 Å². The van der Waals surface area contributed by atoms with Gasteiger partial charge in [-0.2, -0.15) is 0 Å². The standard InChI is InChI=1S/C33H31BN3O2/c1-32(2,38)33(3,4)39-34-31-36-29(27-19-15-25(16-20-27)23-11-7-5-8-12-23)35-30(37-31)28-21-17-26(18-22-28)24-13-9-6-10-14-24/h5-22,38H,1-4H3. The van der Waals surface area contributed by atoms with Crippen LogP contribution in [0, 0.1) is 0 Å². The minimum atomic E-state index is -1.07. The number of aromatic nitrogens is 3. The van der Waals surface area contributed by atoms with E-state index in [1.165, 1.54) is 7.48 Å². The maximum Gasteiger partial charge on any atom is 0.379 e. The van der Waals surface area contributed by atoms with Gasteiger partial charge in [-0.15, -0.1) is 0 Å². The lowest BCUT2D eigenvalue weighted by molar-refractivity contribution is -0.0894. The molecule has 5 rings (SSSR count). The maximum absolute atomic E-state index is 10.5. The van der Waals surface area contributed by atoms with Crippen LogP contribution in [0.15, 0.2) is 109 Å². The van der Waals surface area contributed by atoms with Crippen LogP contribution < -0.4 is 5.72 Å². The van der Waals surface area contributed by atoms with Gasteiger partial charge in [-0.25, -0.2) is 15.0 Å². The van der Waals surface area contributed by atoms with E-state index in [4.69, 9.17) is 19.6 Å². The van der Waals surface area contributed by atoms with Gasteiger partial charge in [0.1, 0.15) is 5.72 Å². The summed E-state index contributed by atoms with van der Waals surface area (Å²) in [4.78, 5) is 14.2. The molecule has 1 aromatic heterocycles. The van der Waals surface area contributed by atoms with Gasteiger partial charge in [0.25, 0.3) is 0 Å². The van der Waals surface area contributed by atoms with Crippen LogP contribution in [-0.2, 0) is 4.65 Å². The molecule has 0 aliphatic carbocycles. The van der Waals surface area contributed by atoms with Crippen LogP contribution in [0.5, 0.6) is 0 Å². The minimum Gasteiger partial charge on any atom is -0.424 e. The fourth-order valence-electron chi connectivity index (χ4n) is 3.93. The lowest BCUT2D eigenvalue weighted by Crippen LogP contribution is -2.49. The summed E-state index contributed by atoms with van der Waals surface area (Å²) in [6.45, 7) is 7.09. The van der Waals surface area contributed by atoms with E-state index in [1.807, 2.05) is 74.5 Å². The van der Waals surface area contributed by atoms with Crippen LogP contribution in [0.4, 0.5) is 0 Å². The van der Waals surface area contributed by atoms with Crippen LogP contribution >= 0.6 is 0 Å². The summed E-state index contributed by atoms with van der Waals surface area (Å²) in [7, 11) is 1.50. The molecule has 0 saturated heterocycles. The Balaban J connectivity index is 1.50. The van der Waals surface area contributed by atoms with Gasteiger partial charge in [0.05, 0.1) is 11.2 Å². The van der Waals surface area contributed by atoms with Crippen LogP contribution in [0.2, 0.25) is 0 Å². The molecule has 39 heavy (non-hydrogen) atoms. The van der Waals surface area contributed by atoms with Crippen molar-refractivity contribution < 1.29 is 9.76 Å². The highest BCUT2D eigenvalue weighted by molar-refractivity contribution is 6.44. The van der Waals surface area contributed by atoms with Crippen molar-refractivity contribution in [2.75, 3.05) is 0 Å². The minimum absolute atomic E-state index is 0.381. The molecule has 0 fully saturated rings. The maximum atomic E-state index is 10.5. The largest absolute Gasteiger partial charge is 0.424 e. The van der Waals surface area contributed by atoms with Gasteiger partial charge in [0, 0.05) is 11.1 Å². The molecule has 0 bridgehead atoms. The first kappa shape index (κ1) is 26.5. The van der Waals surface area contributed by atoms with E-state index in [1.54, 1.807) is 13.8 Å². The molecule has 1 N–H and O–H groups in total. The van der Waals surface area contributed by atoms with Crippen molar-refractivity contribution in [2.45, 2.75) is 38.9 Å². The van der Waals surface area contributed by atoms with Crippen molar-refractivity contribution in [2.24, 2.45) is 0 Å². The number of nitrogens with zero attached hydrogens (tertiary/aromatic N) is 3. The second-order valence-corrected chi connectivity index (χ2v) is 10.5. The van der Waals surface area contributed by atoms with E-state index in [0.29, 0.717) is 17.4 Å². The number of benzene rings is 4. The fraction of sp³-hybridized carbons (Fsp3) is 0.182. The number of aliphatic hydroxyl groups is 1. The Morgan fingerprint density at radius 1 is 0.513 bits per heavy atom. The lowest BCUT2D eigenvalue weighted by atomic mass is 9.86. The summed E-state index contributed by atoms with van der Waals surface area (Å²) in [6, 6.07) is 36.8. The number of rotatable bonds is 8. The molecule has 0 atom stereocenters. The Kier molecular flexibility index (Phi) is 7.42. The van der Waals surface area contributed by atoms with Crippen molar-refractivity contribution in [1.29, 1.82) is 0 Å². The zero-order valence-corrected chi connectivity index (χ0v) is 22.7. The Hall–Kier alpha value is -4.13. The highest BCUT2D eigenvalue weighted by atomic mass is 16.5. The zero-order valence-electron chi connectivity index (χ0n) is 22.7. The molecule has 5 aromatic rings. The quantitative estimate of drug-likeness (QED) is 0.246. The lowest BCUT2D eigenvalue weighted by Gasteiger charge is -2.37. The summed E-state index contributed by atoms with van der Waals surface area (Å²) in [5.41, 5.74) is 4.74. The fourth-order valence-corrected chi connectivity index (χ4v) is 3.93. The monoisotopic (exact) mass is 512 g/mol. The molecule has 6 heteroatoms. The normalized spacial score (nSPS) is 11.8. The van der Waals surface area contributed by atoms with E-state index in [0.717, 1.165) is 33.4 Å². The first-order valence-corrected chi connectivity index (χ1v) is 13.0. The molecule has 0 spiro atoms. The summed E-state index contributed by atoms with van der Waals surface area (Å²) in [5.74, 6) is 1.09. The second kappa shape index (κ2) is 10.9. The third kappa shape index (κ3) is 6.14. The van der Waals surface area contributed by atoms with E-state index in [2.05, 4.69) is 48.5 Å². The predicted octanol–water partition coefficient (Wildman–Crippen LogP) is 6.35. The Morgan fingerprint density at radius 3 is 1.26 bits per heavy atom. The first-order valence-electron chi connectivity index (χ1n) is 13.0. The Bertz CT molecular complexity index is 1430. The number of hydrogen-bond donors (Lipinski definition) is 1. The first-order chi connectivity index (χ1) is 18.7. The molecular formula is C33H31BN3O2. The third-order valence-corrected chi connectivity index (χ3v) is 7.09. The van der Waals surface area contributed by atoms with Gasteiger partial charge in [0.2, 0.25) is 0 Å². The Labute approximate surface area is 230 Å². The summed E-state index contributed by atoms with van der Waals surface area (Å²) in [6.07, 6.45) is 0. The smallest absolute Gasteiger partial charge is 0.379 e. The van der Waals surface area contributed by atoms with E-state index in [-0.39, 0.29) is 0 Å². The van der Waals surface area contributed by atoms with Crippen molar-refractivity contribution in [3.8, 4) is 45.0 Å². The SMILES string of the molecule is CC(C)(O)C(C)(C)O[B]c1nc(-c2ccc(-c3ccccc3)cc2)nc(-c2ccc(-c3ccccc3)cc2)n1. The van der Waals surface area contributed by atoms with Gasteiger partial charge >= 0.3 is 7.48 Å². The average molecular weight is 512 g/mol. The van der Waals surface area contributed by atoms with Crippen LogP contribution in [0.25, 0.3) is 45.0 Å². The molecule has 193 valence electrons. The third-order valence-electron chi connectivity index (χ3n) is 7.09. The number of hydrogen-bond acceptors (Lipinski definition) is 5. The van der Waals surface area contributed by atoms with E-state index in [9.17, 15) is 5.11 Å². The highest BCUT2D eigenvalue weighted by Crippen LogP contribution is 2.27. The van der Waals surface area contributed by atoms with Crippen LogP contribution in [-0.4, -0.2) is 38.7 Å². The molecule has 0 aliphatic heterocycles. The van der Waals surface area contributed by atoms with Gasteiger partial charge in [0.15, 0.2) is 11.6 Å². The van der Waals surface area contributed by atoms with E-state index >= 15 is 0 Å². The average Bonchev–Trinajstić information content (AvgIpc) is 2.96. The molecule has 1 radical (unpaired) electrons. The van der Waals surface area contributed by atoms with Crippen molar-refractivity contribution in [3.63, 3.8) is 0 Å². The zero-order chi connectivity index (χ0) is 27.5. The molecule has 0 unspecified atom stereocenters. The molecule has 0 saturated carbocycles. The van der Waals surface area contributed by atoms with Crippen LogP contribution in [0.1, 0.15) is 27.7 Å².